The van der Waals surface area contributed by atoms with Crippen LogP contribution in [0.4, 0.5) is 0 Å². The number of aryl methyl sites for hydroxylation is 2. The number of ether oxygens (including phenoxy) is 1. The molecular weight excluding hydrogens is 336 g/mol. The topological polar surface area (TPSA) is 50.6 Å². The number of hydrogen-bond donors (Lipinski definition) is 0. The summed E-state index contributed by atoms with van der Waals surface area (Å²) >= 11 is 1.79. The summed E-state index contributed by atoms with van der Waals surface area (Å²) in [6, 6.07) is 2.16. The van der Waals surface area contributed by atoms with Crippen molar-refractivity contribution in [3.05, 3.63) is 39.6 Å². The van der Waals surface area contributed by atoms with Crippen molar-refractivity contribution in [2.45, 2.75) is 25.9 Å². The van der Waals surface area contributed by atoms with Crippen LogP contribution in [0.25, 0.3) is 0 Å². The number of aromatic nitrogens is 2. The highest BCUT2D eigenvalue weighted by Gasteiger charge is 2.36. The van der Waals surface area contributed by atoms with Gasteiger partial charge in [0.25, 0.3) is 0 Å². The van der Waals surface area contributed by atoms with Crippen LogP contribution in [0.1, 0.15) is 27.7 Å². The second-order valence-electron chi connectivity index (χ2n) is 6.87. The number of imidazole rings is 1. The SMILES string of the molecule is Cc1ccsc1CN1Cc2ncn(C)c2C(C(=O)N2CCOCC2)C1. The van der Waals surface area contributed by atoms with Gasteiger partial charge in [0.15, 0.2) is 0 Å². The molecule has 2 aromatic rings. The maximum absolute atomic E-state index is 13.2. The number of carbonyl (C=O) groups excluding carboxylic acids is 1. The van der Waals surface area contributed by atoms with Gasteiger partial charge in [-0.3, -0.25) is 9.69 Å². The van der Waals surface area contributed by atoms with E-state index in [9.17, 15) is 4.79 Å². The minimum atomic E-state index is -0.144. The van der Waals surface area contributed by atoms with Gasteiger partial charge in [0.1, 0.15) is 0 Å². The summed E-state index contributed by atoms with van der Waals surface area (Å²) in [5, 5.41) is 2.14. The van der Waals surface area contributed by atoms with Gasteiger partial charge >= 0.3 is 0 Å². The van der Waals surface area contributed by atoms with Crippen molar-refractivity contribution in [3.8, 4) is 0 Å². The first-order valence-corrected chi connectivity index (χ1v) is 9.63. The van der Waals surface area contributed by atoms with Gasteiger partial charge in [-0.05, 0) is 23.9 Å². The van der Waals surface area contributed by atoms with Crippen molar-refractivity contribution in [1.82, 2.24) is 19.4 Å². The van der Waals surface area contributed by atoms with Crippen molar-refractivity contribution in [1.29, 1.82) is 0 Å². The smallest absolute Gasteiger partial charge is 0.233 e. The second-order valence-corrected chi connectivity index (χ2v) is 7.87. The number of morpholine rings is 1. The van der Waals surface area contributed by atoms with E-state index < -0.39 is 0 Å². The lowest BCUT2D eigenvalue weighted by Crippen LogP contribution is -2.47. The number of amides is 1. The van der Waals surface area contributed by atoms with Crippen molar-refractivity contribution < 1.29 is 9.53 Å². The quantitative estimate of drug-likeness (QED) is 0.837. The molecule has 2 aromatic heterocycles. The Hall–Kier alpha value is -1.70. The molecule has 0 N–H and O–H groups in total. The molecule has 0 bridgehead atoms. The van der Waals surface area contributed by atoms with Gasteiger partial charge in [0.05, 0.1) is 36.8 Å². The largest absolute Gasteiger partial charge is 0.378 e. The fourth-order valence-corrected chi connectivity index (χ4v) is 4.71. The van der Waals surface area contributed by atoms with Gasteiger partial charge in [0.2, 0.25) is 5.91 Å². The molecule has 4 heterocycles. The van der Waals surface area contributed by atoms with Crippen LogP contribution in [0, 0.1) is 6.92 Å². The lowest BCUT2D eigenvalue weighted by molar-refractivity contribution is -0.138. The molecule has 0 spiro atoms. The molecule has 25 heavy (non-hydrogen) atoms. The average Bonchev–Trinajstić information content (AvgIpc) is 3.21. The third-order valence-corrected chi connectivity index (χ3v) is 6.17. The average molecular weight is 360 g/mol. The molecule has 1 atom stereocenters. The number of nitrogens with zero attached hydrogens (tertiary/aromatic N) is 4. The molecule has 1 fully saturated rings. The first-order chi connectivity index (χ1) is 12.1. The Balaban J connectivity index is 1.59. The second kappa shape index (κ2) is 6.90. The Bertz CT molecular complexity index is 763. The van der Waals surface area contributed by atoms with Gasteiger partial charge in [0, 0.05) is 44.6 Å². The maximum Gasteiger partial charge on any atom is 0.233 e. The normalized spacial score (nSPS) is 21.4. The minimum Gasteiger partial charge on any atom is -0.378 e. The first kappa shape index (κ1) is 16.8. The summed E-state index contributed by atoms with van der Waals surface area (Å²) in [5.41, 5.74) is 3.44. The third-order valence-electron chi connectivity index (χ3n) is 5.16. The summed E-state index contributed by atoms with van der Waals surface area (Å²) in [7, 11) is 1.99. The Morgan fingerprint density at radius 3 is 2.92 bits per heavy atom. The van der Waals surface area contributed by atoms with Crippen LogP contribution in [-0.4, -0.2) is 58.1 Å². The van der Waals surface area contributed by atoms with E-state index in [4.69, 9.17) is 4.74 Å². The fraction of sp³-hybridized carbons (Fsp3) is 0.556. The van der Waals surface area contributed by atoms with E-state index in [1.165, 1.54) is 10.4 Å². The molecule has 1 unspecified atom stereocenters. The number of hydrogen-bond acceptors (Lipinski definition) is 5. The predicted octanol–water partition coefficient (Wildman–Crippen LogP) is 1.75. The van der Waals surface area contributed by atoms with Crippen molar-refractivity contribution in [3.63, 3.8) is 0 Å². The highest BCUT2D eigenvalue weighted by molar-refractivity contribution is 7.10. The van der Waals surface area contributed by atoms with E-state index in [1.54, 1.807) is 11.3 Å². The van der Waals surface area contributed by atoms with E-state index in [1.807, 2.05) is 22.8 Å². The molecule has 7 heteroatoms. The Kier molecular flexibility index (Phi) is 4.62. The van der Waals surface area contributed by atoms with E-state index in [0.29, 0.717) is 26.3 Å². The van der Waals surface area contributed by atoms with Crippen LogP contribution in [0.15, 0.2) is 17.8 Å². The minimum absolute atomic E-state index is 0.144. The summed E-state index contributed by atoms with van der Waals surface area (Å²) < 4.78 is 7.42. The van der Waals surface area contributed by atoms with Crippen LogP contribution in [0.2, 0.25) is 0 Å². The van der Waals surface area contributed by atoms with E-state index in [2.05, 4.69) is 28.3 Å². The standard InChI is InChI=1S/C18H24N4O2S/c1-13-3-8-25-16(13)11-21-9-14(17-15(10-21)19-12-20(17)2)18(23)22-4-6-24-7-5-22/h3,8,12,14H,4-7,9-11H2,1-2H3. The highest BCUT2D eigenvalue weighted by atomic mass is 32.1. The highest BCUT2D eigenvalue weighted by Crippen LogP contribution is 2.31. The first-order valence-electron chi connectivity index (χ1n) is 8.75. The lowest BCUT2D eigenvalue weighted by atomic mass is 9.96. The molecule has 1 saturated heterocycles. The summed E-state index contributed by atoms with van der Waals surface area (Å²) in [6.07, 6.45) is 1.84. The van der Waals surface area contributed by atoms with Gasteiger partial charge in [-0.1, -0.05) is 0 Å². The molecule has 2 aliphatic heterocycles. The monoisotopic (exact) mass is 360 g/mol. The molecule has 0 saturated carbocycles. The van der Waals surface area contributed by atoms with Gasteiger partial charge in [-0.2, -0.15) is 0 Å². The molecule has 2 aliphatic rings. The van der Waals surface area contributed by atoms with Crippen LogP contribution >= 0.6 is 11.3 Å². The predicted molar refractivity (Wildman–Crippen MR) is 96.5 cm³/mol. The van der Waals surface area contributed by atoms with Gasteiger partial charge in [-0.15, -0.1) is 11.3 Å². The van der Waals surface area contributed by atoms with Gasteiger partial charge < -0.3 is 14.2 Å². The summed E-state index contributed by atoms with van der Waals surface area (Å²) in [5.74, 6) is 0.0652. The zero-order valence-electron chi connectivity index (χ0n) is 14.8. The molecule has 134 valence electrons. The zero-order chi connectivity index (χ0) is 17.4. The number of carbonyl (C=O) groups is 1. The molecule has 6 nitrogen and oxygen atoms in total. The molecular formula is C18H24N4O2S. The zero-order valence-corrected chi connectivity index (χ0v) is 15.6. The lowest BCUT2D eigenvalue weighted by Gasteiger charge is -2.36. The van der Waals surface area contributed by atoms with E-state index >= 15 is 0 Å². The summed E-state index contributed by atoms with van der Waals surface area (Å²) in [4.78, 5) is 23.4. The van der Waals surface area contributed by atoms with E-state index in [0.717, 1.165) is 31.0 Å². The van der Waals surface area contributed by atoms with Crippen LogP contribution < -0.4 is 0 Å². The third kappa shape index (κ3) is 3.23. The fourth-order valence-electron chi connectivity index (χ4n) is 3.77. The van der Waals surface area contributed by atoms with Crippen LogP contribution in [0.3, 0.4) is 0 Å². The van der Waals surface area contributed by atoms with Crippen LogP contribution in [0.5, 0.6) is 0 Å². The molecule has 0 aliphatic carbocycles. The van der Waals surface area contributed by atoms with Crippen molar-refractivity contribution in [2.75, 3.05) is 32.8 Å². The summed E-state index contributed by atoms with van der Waals surface area (Å²) in [6.45, 7) is 7.23. The van der Waals surface area contributed by atoms with E-state index in [-0.39, 0.29) is 11.8 Å². The number of fused-ring (bicyclic) bond motifs is 1. The maximum atomic E-state index is 13.2. The number of rotatable bonds is 3. The Morgan fingerprint density at radius 2 is 2.20 bits per heavy atom. The van der Waals surface area contributed by atoms with Crippen molar-refractivity contribution >= 4 is 17.2 Å². The Morgan fingerprint density at radius 1 is 1.40 bits per heavy atom. The molecule has 1 amide bonds. The molecule has 4 rings (SSSR count). The van der Waals surface area contributed by atoms with Crippen molar-refractivity contribution in [2.24, 2.45) is 7.05 Å². The Labute approximate surface area is 152 Å². The van der Waals surface area contributed by atoms with Gasteiger partial charge in [-0.25, -0.2) is 4.98 Å². The molecule has 0 radical (unpaired) electrons. The van der Waals surface area contributed by atoms with Crippen LogP contribution in [-0.2, 0) is 29.7 Å². The number of thiophene rings is 1. The molecule has 0 aromatic carbocycles.